The Morgan fingerprint density at radius 3 is 2.68 bits per heavy atom. The number of anilines is 1. The number of carbonyl (C=O) groups excluding carboxylic acids is 1. The third-order valence-electron chi connectivity index (χ3n) is 6.44. The van der Waals surface area contributed by atoms with Crippen molar-refractivity contribution < 1.29 is 14.7 Å². The Labute approximate surface area is 169 Å². The minimum atomic E-state index is -1.10. The number of carboxylic acids is 1. The number of benzene rings is 1. The molecule has 150 valence electrons. The number of nitrogens with one attached hydrogen (secondary N) is 2. The largest absolute Gasteiger partial charge is 0.477 e. The van der Waals surface area contributed by atoms with E-state index < -0.39 is 5.97 Å². The maximum atomic E-state index is 13.1. The summed E-state index contributed by atoms with van der Waals surface area (Å²) in [4.78, 5) is 29.4. The average molecular weight is 404 g/mol. The number of likely N-dealkylation sites (N-methyl/N-ethyl adjacent to an activating group) is 1. The molecule has 0 bridgehead atoms. The lowest BCUT2D eigenvalue weighted by atomic mass is 9.76. The number of amides is 1. The Kier molecular flexibility index (Phi) is 5.34. The summed E-state index contributed by atoms with van der Waals surface area (Å²) in [5, 5.41) is 13.0. The van der Waals surface area contributed by atoms with Gasteiger partial charge in [-0.2, -0.15) is 0 Å². The van der Waals surface area contributed by atoms with Gasteiger partial charge in [0, 0.05) is 16.6 Å². The Bertz CT molecular complexity index is 904. The molecule has 3 N–H and O–H groups in total. The van der Waals surface area contributed by atoms with Gasteiger partial charge in [-0.3, -0.25) is 9.69 Å². The molecule has 1 saturated carbocycles. The van der Waals surface area contributed by atoms with Crippen LogP contribution in [0.25, 0.3) is 10.9 Å². The van der Waals surface area contributed by atoms with Gasteiger partial charge in [0.15, 0.2) is 0 Å². The van der Waals surface area contributed by atoms with Gasteiger partial charge < -0.3 is 15.4 Å². The molecule has 6 nitrogen and oxygen atoms in total. The normalized spacial score (nSPS) is 23.9. The molecule has 2 aromatic rings. The summed E-state index contributed by atoms with van der Waals surface area (Å²) in [6.45, 7) is 0.948. The van der Waals surface area contributed by atoms with Crippen LogP contribution in [-0.2, 0) is 4.79 Å². The Hall–Kier alpha value is -2.05. The maximum Gasteiger partial charge on any atom is 0.353 e. The first-order valence-electron chi connectivity index (χ1n) is 10.0. The predicted octanol–water partition coefficient (Wildman–Crippen LogP) is 4.36. The van der Waals surface area contributed by atoms with Crippen LogP contribution in [0, 0.1) is 11.8 Å². The molecule has 1 aromatic heterocycles. The number of hydrogen-bond donors (Lipinski definition) is 3. The molecule has 0 radical (unpaired) electrons. The summed E-state index contributed by atoms with van der Waals surface area (Å²) >= 11 is 6.20. The van der Waals surface area contributed by atoms with Gasteiger partial charge in [0.2, 0.25) is 5.91 Å². The molecule has 2 aliphatic rings. The van der Waals surface area contributed by atoms with Crippen molar-refractivity contribution in [2.75, 3.05) is 18.9 Å². The van der Waals surface area contributed by atoms with Crippen molar-refractivity contribution in [1.82, 2.24) is 9.88 Å². The zero-order chi connectivity index (χ0) is 19.8. The zero-order valence-electron chi connectivity index (χ0n) is 16.0. The predicted molar refractivity (Wildman–Crippen MR) is 110 cm³/mol. The van der Waals surface area contributed by atoms with E-state index in [0.717, 1.165) is 13.0 Å². The molecular formula is C21H26ClN3O3. The molecule has 1 aliphatic heterocycles. The summed E-state index contributed by atoms with van der Waals surface area (Å²) in [5.74, 6) is -0.0487. The quantitative estimate of drug-likeness (QED) is 0.708. The van der Waals surface area contributed by atoms with E-state index in [1.54, 1.807) is 18.2 Å². The van der Waals surface area contributed by atoms with Crippen LogP contribution in [-0.4, -0.2) is 46.5 Å². The van der Waals surface area contributed by atoms with Gasteiger partial charge in [0.05, 0.1) is 11.1 Å². The molecule has 1 aliphatic carbocycles. The van der Waals surface area contributed by atoms with Gasteiger partial charge in [-0.25, -0.2) is 4.79 Å². The highest BCUT2D eigenvalue weighted by Gasteiger charge is 2.41. The van der Waals surface area contributed by atoms with Crippen LogP contribution >= 0.6 is 11.6 Å². The standard InChI is InChI=1S/C21H26ClN3O3/c1-25-10-9-14(12-5-3-2-4-6-12)19(25)20(26)23-13-7-8-16-15(11-13)17(22)18(24-16)21(27)28/h7-8,11-12,14,19,24H,2-6,9-10H2,1H3,(H,23,26)(H,27,28). The zero-order valence-corrected chi connectivity index (χ0v) is 16.8. The van der Waals surface area contributed by atoms with Crippen LogP contribution in [0.3, 0.4) is 0 Å². The molecular weight excluding hydrogens is 378 g/mol. The first kappa shape index (κ1) is 19.3. The van der Waals surface area contributed by atoms with E-state index in [4.69, 9.17) is 11.6 Å². The van der Waals surface area contributed by atoms with Gasteiger partial charge in [-0.05, 0) is 50.0 Å². The second-order valence-corrected chi connectivity index (χ2v) is 8.52. The molecule has 2 atom stereocenters. The van der Waals surface area contributed by atoms with Crippen molar-refractivity contribution >= 4 is 40.1 Å². The van der Waals surface area contributed by atoms with Gasteiger partial charge in [-0.15, -0.1) is 0 Å². The lowest BCUT2D eigenvalue weighted by Gasteiger charge is -2.32. The highest BCUT2D eigenvalue weighted by Crippen LogP contribution is 2.39. The van der Waals surface area contributed by atoms with E-state index >= 15 is 0 Å². The van der Waals surface area contributed by atoms with Crippen LogP contribution < -0.4 is 5.32 Å². The summed E-state index contributed by atoms with van der Waals surface area (Å²) < 4.78 is 0. The van der Waals surface area contributed by atoms with Crippen molar-refractivity contribution in [3.8, 4) is 0 Å². The molecule has 2 unspecified atom stereocenters. The van der Waals surface area contributed by atoms with E-state index in [-0.39, 0.29) is 22.7 Å². The van der Waals surface area contributed by atoms with Crippen LogP contribution in [0.15, 0.2) is 18.2 Å². The van der Waals surface area contributed by atoms with Gasteiger partial charge in [-0.1, -0.05) is 43.7 Å². The lowest BCUT2D eigenvalue weighted by molar-refractivity contribution is -0.121. The number of carboxylic acid groups (broad SMARTS) is 1. The number of likely N-dealkylation sites (tertiary alicyclic amines) is 1. The van der Waals surface area contributed by atoms with E-state index in [0.29, 0.717) is 28.4 Å². The van der Waals surface area contributed by atoms with Crippen molar-refractivity contribution in [3.05, 3.63) is 28.9 Å². The molecule has 4 rings (SSSR count). The monoisotopic (exact) mass is 403 g/mol. The molecule has 1 amide bonds. The smallest absolute Gasteiger partial charge is 0.353 e. The third kappa shape index (κ3) is 3.51. The van der Waals surface area contributed by atoms with Crippen molar-refractivity contribution in [2.24, 2.45) is 11.8 Å². The summed E-state index contributed by atoms with van der Waals surface area (Å²) in [5.41, 5.74) is 1.24. The summed E-state index contributed by atoms with van der Waals surface area (Å²) in [6, 6.07) is 5.15. The van der Waals surface area contributed by atoms with Crippen molar-refractivity contribution in [2.45, 2.75) is 44.6 Å². The fourth-order valence-corrected chi connectivity index (χ4v) is 5.31. The van der Waals surface area contributed by atoms with Crippen LogP contribution in [0.4, 0.5) is 5.69 Å². The highest BCUT2D eigenvalue weighted by molar-refractivity contribution is 6.38. The molecule has 0 spiro atoms. The van der Waals surface area contributed by atoms with Gasteiger partial charge in [0.1, 0.15) is 5.69 Å². The SMILES string of the molecule is CN1CCC(C2CCCCC2)C1C(=O)Nc1ccc2[nH]c(C(=O)O)c(Cl)c2c1. The lowest BCUT2D eigenvalue weighted by Crippen LogP contribution is -2.43. The second kappa shape index (κ2) is 7.76. The van der Waals surface area contributed by atoms with Crippen LogP contribution in [0.5, 0.6) is 0 Å². The first-order chi connectivity index (χ1) is 13.5. The number of fused-ring (bicyclic) bond motifs is 1. The molecule has 1 saturated heterocycles. The number of aromatic amines is 1. The van der Waals surface area contributed by atoms with Gasteiger partial charge in [0.25, 0.3) is 0 Å². The second-order valence-electron chi connectivity index (χ2n) is 8.14. The van der Waals surface area contributed by atoms with Crippen molar-refractivity contribution in [3.63, 3.8) is 0 Å². The number of carbonyl (C=O) groups is 2. The molecule has 7 heteroatoms. The number of aromatic carboxylic acids is 1. The fourth-order valence-electron chi connectivity index (χ4n) is 5.03. The van der Waals surface area contributed by atoms with Crippen LogP contribution in [0.2, 0.25) is 5.02 Å². The topological polar surface area (TPSA) is 85.4 Å². The number of hydrogen-bond acceptors (Lipinski definition) is 3. The van der Waals surface area contributed by atoms with E-state index in [1.807, 2.05) is 7.05 Å². The van der Waals surface area contributed by atoms with E-state index in [1.165, 1.54) is 32.1 Å². The average Bonchev–Trinajstić information content (AvgIpc) is 3.23. The number of H-pyrrole nitrogens is 1. The number of nitrogens with zero attached hydrogens (tertiary/aromatic N) is 1. The Morgan fingerprint density at radius 1 is 1.21 bits per heavy atom. The number of aromatic nitrogens is 1. The molecule has 1 aromatic carbocycles. The third-order valence-corrected chi connectivity index (χ3v) is 6.83. The minimum absolute atomic E-state index is 0.0139. The van der Waals surface area contributed by atoms with Gasteiger partial charge >= 0.3 is 5.97 Å². The van der Waals surface area contributed by atoms with E-state index in [9.17, 15) is 14.7 Å². The van der Waals surface area contributed by atoms with Crippen LogP contribution in [0.1, 0.15) is 49.0 Å². The first-order valence-corrected chi connectivity index (χ1v) is 10.4. The molecule has 2 heterocycles. The summed E-state index contributed by atoms with van der Waals surface area (Å²) in [6.07, 6.45) is 7.38. The molecule has 28 heavy (non-hydrogen) atoms. The molecule has 2 fully saturated rings. The number of rotatable bonds is 4. The Balaban J connectivity index is 1.55. The van der Waals surface area contributed by atoms with Crippen molar-refractivity contribution in [1.29, 1.82) is 0 Å². The highest BCUT2D eigenvalue weighted by atomic mass is 35.5. The maximum absolute atomic E-state index is 13.1. The minimum Gasteiger partial charge on any atom is -0.477 e. The fraction of sp³-hybridized carbons (Fsp3) is 0.524. The summed E-state index contributed by atoms with van der Waals surface area (Å²) in [7, 11) is 2.03. The Morgan fingerprint density at radius 2 is 1.96 bits per heavy atom. The number of halogens is 1. The van der Waals surface area contributed by atoms with E-state index in [2.05, 4.69) is 15.2 Å².